The van der Waals surface area contributed by atoms with Crippen LogP contribution in [0.5, 0.6) is 0 Å². The lowest BCUT2D eigenvalue weighted by molar-refractivity contribution is 1.18. The first-order valence-corrected chi connectivity index (χ1v) is 19.4. The molecule has 0 amide bonds. The van der Waals surface area contributed by atoms with Crippen LogP contribution in [-0.2, 0) is 0 Å². The summed E-state index contributed by atoms with van der Waals surface area (Å²) in [5, 5.41) is 12.7. The predicted molar refractivity (Wildman–Crippen MR) is 239 cm³/mol. The van der Waals surface area contributed by atoms with Crippen LogP contribution in [0.3, 0.4) is 0 Å². The van der Waals surface area contributed by atoms with Gasteiger partial charge >= 0.3 is 0 Å². The van der Waals surface area contributed by atoms with Crippen molar-refractivity contribution >= 4 is 75.9 Å². The maximum absolute atomic E-state index is 2.46. The smallest absolute Gasteiger partial charge is 0.0541 e. The highest BCUT2D eigenvalue weighted by molar-refractivity contribution is 6.26. The number of benzene rings is 10. The molecular weight excluding hydrogens is 677 g/mol. The van der Waals surface area contributed by atoms with Crippen LogP contribution in [0, 0.1) is 0 Å². The summed E-state index contributed by atoms with van der Waals surface area (Å²) in [6, 6.07) is 75.7. The molecule has 0 aliphatic heterocycles. The molecule has 0 radical (unpaired) electrons. The van der Waals surface area contributed by atoms with Crippen molar-refractivity contribution in [2.24, 2.45) is 0 Å². The lowest BCUT2D eigenvalue weighted by Crippen LogP contribution is -1.97. The van der Waals surface area contributed by atoms with E-state index in [1.54, 1.807) is 0 Å². The van der Waals surface area contributed by atoms with Crippen LogP contribution in [0.1, 0.15) is 0 Å². The van der Waals surface area contributed by atoms with Crippen LogP contribution in [0.25, 0.3) is 110 Å². The number of rotatable bonds is 4. The molecular formula is C54H34N2. The topological polar surface area (TPSA) is 9.86 Å². The molecule has 0 saturated heterocycles. The minimum atomic E-state index is 1.17. The molecule has 12 aromatic rings. The highest BCUT2D eigenvalue weighted by Crippen LogP contribution is 2.42. The number of hydrogen-bond acceptors (Lipinski definition) is 0. The van der Waals surface area contributed by atoms with Gasteiger partial charge in [-0.2, -0.15) is 0 Å². The molecule has 12 rings (SSSR count). The summed E-state index contributed by atoms with van der Waals surface area (Å²) >= 11 is 0. The summed E-state index contributed by atoms with van der Waals surface area (Å²) in [7, 11) is 0. The van der Waals surface area contributed by atoms with Crippen molar-refractivity contribution in [1.29, 1.82) is 0 Å². The van der Waals surface area contributed by atoms with Gasteiger partial charge in [0.05, 0.1) is 27.8 Å². The van der Waals surface area contributed by atoms with E-state index in [1.807, 2.05) is 0 Å². The quantitative estimate of drug-likeness (QED) is 0.161. The van der Waals surface area contributed by atoms with E-state index in [-0.39, 0.29) is 0 Å². The van der Waals surface area contributed by atoms with Gasteiger partial charge in [-0.15, -0.1) is 0 Å². The Morgan fingerprint density at radius 1 is 0.232 bits per heavy atom. The molecule has 260 valence electrons. The Labute approximate surface area is 323 Å². The molecule has 0 bridgehead atoms. The van der Waals surface area contributed by atoms with E-state index in [0.717, 1.165) is 0 Å². The van der Waals surface area contributed by atoms with Gasteiger partial charge in [-0.3, -0.25) is 0 Å². The molecule has 10 aromatic carbocycles. The molecule has 2 nitrogen and oxygen atoms in total. The molecule has 0 N–H and O–H groups in total. The second-order valence-electron chi connectivity index (χ2n) is 14.9. The number of nitrogens with zero attached hydrogens (tertiary/aromatic N) is 2. The molecule has 2 heteroatoms. The average Bonchev–Trinajstić information content (AvgIpc) is 3.79. The van der Waals surface area contributed by atoms with Crippen LogP contribution < -0.4 is 0 Å². The standard InChI is InChI=1S/C54H34N2/c1-2-14-38(15-3-1)55-51-24-12-9-21-45(51)48-32-35(27-30-53(48)55)36-28-31-54-49(33-36)46-22-10-13-25-52(46)56(54)50-23-11-8-16-39(50)37-26-29-44-42-19-5-4-17-40(42)41-18-6-7-20-43(41)47(44)34-37/h1-34H. The highest BCUT2D eigenvalue weighted by Gasteiger charge is 2.18. The van der Waals surface area contributed by atoms with Crippen LogP contribution in [-0.4, -0.2) is 9.13 Å². The van der Waals surface area contributed by atoms with Crippen LogP contribution in [0.2, 0.25) is 0 Å². The van der Waals surface area contributed by atoms with E-state index in [4.69, 9.17) is 0 Å². The molecule has 0 unspecified atom stereocenters. The van der Waals surface area contributed by atoms with Gasteiger partial charge in [0.2, 0.25) is 0 Å². The first kappa shape index (κ1) is 31.0. The first-order chi connectivity index (χ1) is 27.8. The Morgan fingerprint density at radius 3 is 1.27 bits per heavy atom. The molecule has 2 heterocycles. The van der Waals surface area contributed by atoms with Crippen molar-refractivity contribution in [3.8, 4) is 33.6 Å². The van der Waals surface area contributed by atoms with Gasteiger partial charge in [0.15, 0.2) is 0 Å². The van der Waals surface area contributed by atoms with E-state index in [0.29, 0.717) is 0 Å². The predicted octanol–water partition coefficient (Wildman–Crippen LogP) is 14.7. The minimum Gasteiger partial charge on any atom is -0.309 e. The summed E-state index contributed by atoms with van der Waals surface area (Å²) < 4.78 is 4.84. The molecule has 0 aliphatic rings. The molecule has 0 aliphatic carbocycles. The Hall–Kier alpha value is -7.42. The van der Waals surface area contributed by atoms with Crippen molar-refractivity contribution in [3.05, 3.63) is 206 Å². The fraction of sp³-hybridized carbons (Fsp3) is 0. The van der Waals surface area contributed by atoms with Gasteiger partial charge in [-0.25, -0.2) is 0 Å². The van der Waals surface area contributed by atoms with Crippen molar-refractivity contribution in [3.63, 3.8) is 0 Å². The maximum atomic E-state index is 2.46. The van der Waals surface area contributed by atoms with E-state index in [1.165, 1.54) is 110 Å². The molecule has 56 heavy (non-hydrogen) atoms. The Balaban J connectivity index is 1.04. The monoisotopic (exact) mass is 710 g/mol. The zero-order valence-electron chi connectivity index (χ0n) is 30.5. The van der Waals surface area contributed by atoms with Crippen LogP contribution in [0.15, 0.2) is 206 Å². The highest BCUT2D eigenvalue weighted by atomic mass is 15.0. The summed E-state index contributed by atoms with van der Waals surface area (Å²) in [5.74, 6) is 0. The fourth-order valence-electron chi connectivity index (χ4n) is 9.41. The molecule has 2 aromatic heterocycles. The lowest BCUT2D eigenvalue weighted by atomic mass is 9.92. The van der Waals surface area contributed by atoms with Gasteiger partial charge in [0, 0.05) is 32.8 Å². The second-order valence-corrected chi connectivity index (χ2v) is 14.9. The number of para-hydroxylation sites is 4. The van der Waals surface area contributed by atoms with Crippen molar-refractivity contribution in [2.45, 2.75) is 0 Å². The summed E-state index contributed by atoms with van der Waals surface area (Å²) in [4.78, 5) is 0. The summed E-state index contributed by atoms with van der Waals surface area (Å²) in [6.07, 6.45) is 0. The van der Waals surface area contributed by atoms with Crippen molar-refractivity contribution < 1.29 is 0 Å². The van der Waals surface area contributed by atoms with E-state index in [2.05, 4.69) is 215 Å². The summed E-state index contributed by atoms with van der Waals surface area (Å²) in [5.41, 5.74) is 12.0. The van der Waals surface area contributed by atoms with Gasteiger partial charge in [-0.05, 0) is 110 Å². The van der Waals surface area contributed by atoms with Gasteiger partial charge < -0.3 is 9.13 Å². The number of hydrogen-bond donors (Lipinski definition) is 0. The molecule has 0 fully saturated rings. The third kappa shape index (κ3) is 4.50. The van der Waals surface area contributed by atoms with E-state index in [9.17, 15) is 0 Å². The minimum absolute atomic E-state index is 1.17. The van der Waals surface area contributed by atoms with Crippen LogP contribution in [0.4, 0.5) is 0 Å². The zero-order valence-corrected chi connectivity index (χ0v) is 30.5. The molecule has 0 atom stereocenters. The Bertz CT molecular complexity index is 3490. The lowest BCUT2D eigenvalue weighted by Gasteiger charge is -2.16. The van der Waals surface area contributed by atoms with Gasteiger partial charge in [0.25, 0.3) is 0 Å². The van der Waals surface area contributed by atoms with E-state index >= 15 is 0 Å². The molecule has 0 spiro atoms. The maximum Gasteiger partial charge on any atom is 0.0541 e. The Morgan fingerprint density at radius 2 is 0.643 bits per heavy atom. The number of fused-ring (bicyclic) bond motifs is 12. The van der Waals surface area contributed by atoms with Crippen molar-refractivity contribution in [1.82, 2.24) is 9.13 Å². The van der Waals surface area contributed by atoms with E-state index < -0.39 is 0 Å². The summed E-state index contributed by atoms with van der Waals surface area (Å²) in [6.45, 7) is 0. The SMILES string of the molecule is c1ccc(-n2c3ccccc3c3cc(-c4ccc5c(c4)c4ccccc4n5-c4ccccc4-c4ccc5c6ccccc6c6ccccc6c5c4)ccc32)cc1. The second kappa shape index (κ2) is 12.0. The van der Waals surface area contributed by atoms with Crippen LogP contribution >= 0.6 is 0 Å². The van der Waals surface area contributed by atoms with Gasteiger partial charge in [-0.1, -0.05) is 146 Å². The first-order valence-electron chi connectivity index (χ1n) is 19.4. The fourth-order valence-corrected chi connectivity index (χ4v) is 9.41. The number of aromatic nitrogens is 2. The largest absolute Gasteiger partial charge is 0.309 e. The van der Waals surface area contributed by atoms with Crippen molar-refractivity contribution in [2.75, 3.05) is 0 Å². The average molecular weight is 711 g/mol. The van der Waals surface area contributed by atoms with Gasteiger partial charge in [0.1, 0.15) is 0 Å². The normalized spacial score (nSPS) is 11.9. The Kier molecular flexibility index (Phi) is 6.66. The zero-order chi connectivity index (χ0) is 36.7. The molecule has 0 saturated carbocycles. The third-order valence-electron chi connectivity index (χ3n) is 11.9. The third-order valence-corrected chi connectivity index (χ3v) is 11.9.